The Labute approximate surface area is 48.0 Å². The lowest BCUT2D eigenvalue weighted by Gasteiger charge is -1.86. The Kier molecular flexibility index (Phi) is 2.68. The summed E-state index contributed by atoms with van der Waals surface area (Å²) in [6.07, 6.45) is 0. The molecule has 40 valence electrons. The highest BCUT2D eigenvalue weighted by Gasteiger charge is 1.95. The lowest BCUT2D eigenvalue weighted by atomic mass is 10.2. The second-order valence-corrected chi connectivity index (χ2v) is 1.60. The lowest BCUT2D eigenvalue weighted by molar-refractivity contribution is -0.113. The fourth-order valence-electron chi connectivity index (χ4n) is 0.114. The molecule has 0 rings (SSSR count). The van der Waals surface area contributed by atoms with Crippen molar-refractivity contribution in [1.82, 2.24) is 0 Å². The van der Waals surface area contributed by atoms with Crippen LogP contribution in [-0.4, -0.2) is 11.7 Å². The fourth-order valence-corrected chi connectivity index (χ4v) is 0.342. The van der Waals surface area contributed by atoms with Crippen LogP contribution in [0.2, 0.25) is 0 Å². The van der Waals surface area contributed by atoms with E-state index < -0.39 is 0 Å². The number of ketones is 1. The minimum atomic E-state index is -0.0818. The van der Waals surface area contributed by atoms with E-state index in [1.165, 1.54) is 0 Å². The van der Waals surface area contributed by atoms with Crippen molar-refractivity contribution >= 4 is 17.4 Å². The van der Waals surface area contributed by atoms with E-state index in [0.29, 0.717) is 5.57 Å². The van der Waals surface area contributed by atoms with E-state index in [1.807, 2.05) is 0 Å². The minimum absolute atomic E-state index is 0.0509. The van der Waals surface area contributed by atoms with Gasteiger partial charge in [0.15, 0.2) is 5.78 Å². The normalized spacial score (nSPS) is 8.29. The maximum absolute atomic E-state index is 10.3. The van der Waals surface area contributed by atoms with Gasteiger partial charge in [-0.25, -0.2) is 0 Å². The van der Waals surface area contributed by atoms with E-state index in [-0.39, 0.29) is 11.7 Å². The summed E-state index contributed by atoms with van der Waals surface area (Å²) < 4.78 is 0. The van der Waals surface area contributed by atoms with Crippen LogP contribution >= 0.6 is 11.6 Å². The predicted molar refractivity (Wildman–Crippen MR) is 30.5 cm³/mol. The largest absolute Gasteiger partial charge is 0.293 e. The summed E-state index contributed by atoms with van der Waals surface area (Å²) in [7, 11) is 0. The Morgan fingerprint density at radius 2 is 2.29 bits per heavy atom. The van der Waals surface area contributed by atoms with Crippen LogP contribution in [0.1, 0.15) is 6.92 Å². The van der Waals surface area contributed by atoms with Gasteiger partial charge in [-0.2, -0.15) is 0 Å². The Balaban J connectivity index is 3.58. The molecule has 0 bridgehead atoms. The minimum Gasteiger partial charge on any atom is -0.293 e. The maximum Gasteiger partial charge on any atom is 0.172 e. The summed E-state index contributed by atoms with van der Waals surface area (Å²) in [6, 6.07) is 0. The monoisotopic (exact) mass is 118 g/mol. The molecule has 7 heavy (non-hydrogen) atoms. The second kappa shape index (κ2) is 2.80. The van der Waals surface area contributed by atoms with Gasteiger partial charge in [0.25, 0.3) is 0 Å². The summed E-state index contributed by atoms with van der Waals surface area (Å²) >= 11 is 5.14. The Hall–Kier alpha value is -0.300. The molecule has 0 aliphatic rings. The summed E-state index contributed by atoms with van der Waals surface area (Å²) in [4.78, 5) is 10.3. The van der Waals surface area contributed by atoms with Crippen LogP contribution in [0.3, 0.4) is 0 Å². The number of alkyl halides is 1. The molecule has 0 radical (unpaired) electrons. The van der Waals surface area contributed by atoms with Crippen LogP contribution in [0, 0.1) is 0 Å². The van der Waals surface area contributed by atoms with Crippen molar-refractivity contribution in [2.75, 3.05) is 5.88 Å². The molecule has 0 N–H and O–H groups in total. The van der Waals surface area contributed by atoms with Gasteiger partial charge in [-0.1, -0.05) is 6.58 Å². The summed E-state index contributed by atoms with van der Waals surface area (Å²) in [5.41, 5.74) is 0.523. The Bertz CT molecular complexity index is 96.3. The average molecular weight is 119 g/mol. The zero-order valence-electron chi connectivity index (χ0n) is 4.20. The van der Waals surface area contributed by atoms with E-state index in [9.17, 15) is 4.79 Å². The van der Waals surface area contributed by atoms with Crippen molar-refractivity contribution < 1.29 is 4.79 Å². The third-order valence-electron chi connectivity index (χ3n) is 0.597. The number of hydrogen-bond donors (Lipinski definition) is 0. The first-order chi connectivity index (χ1) is 3.18. The van der Waals surface area contributed by atoms with Gasteiger partial charge in [0, 0.05) is 0 Å². The molecular formula is C5H7ClO. The van der Waals surface area contributed by atoms with Crippen LogP contribution in [-0.2, 0) is 4.79 Å². The maximum atomic E-state index is 10.3. The van der Waals surface area contributed by atoms with E-state index in [4.69, 9.17) is 11.6 Å². The van der Waals surface area contributed by atoms with Crippen LogP contribution in [0.4, 0.5) is 0 Å². The summed E-state index contributed by atoms with van der Waals surface area (Å²) in [5, 5.41) is 0. The number of Topliss-reactive ketones (excluding diaryl/α,β-unsaturated/α-hetero) is 1. The number of carbonyl (C=O) groups excluding carboxylic acids is 1. The van der Waals surface area contributed by atoms with Gasteiger partial charge in [0.1, 0.15) is 0 Å². The van der Waals surface area contributed by atoms with Gasteiger partial charge in [-0.05, 0) is 12.5 Å². The van der Waals surface area contributed by atoms with Crippen molar-refractivity contribution in [2.45, 2.75) is 6.92 Å². The molecule has 0 aromatic rings. The van der Waals surface area contributed by atoms with Gasteiger partial charge in [0.2, 0.25) is 0 Å². The molecule has 0 fully saturated rings. The zero-order chi connectivity index (χ0) is 5.86. The second-order valence-electron chi connectivity index (χ2n) is 1.34. The van der Waals surface area contributed by atoms with Crippen molar-refractivity contribution in [3.63, 3.8) is 0 Å². The third kappa shape index (κ3) is 2.40. The number of rotatable bonds is 2. The van der Waals surface area contributed by atoms with Gasteiger partial charge >= 0.3 is 0 Å². The van der Waals surface area contributed by atoms with Crippen LogP contribution in [0.15, 0.2) is 12.2 Å². The average Bonchev–Trinajstić information content (AvgIpc) is 1.65. The lowest BCUT2D eigenvalue weighted by Crippen LogP contribution is -1.97. The summed E-state index contributed by atoms with van der Waals surface area (Å²) in [5.74, 6) is -0.0309. The molecule has 0 amide bonds. The number of carbonyl (C=O) groups is 1. The number of halogens is 1. The highest BCUT2D eigenvalue weighted by molar-refractivity contribution is 6.30. The predicted octanol–water partition coefficient (Wildman–Crippen LogP) is 1.37. The first-order valence-electron chi connectivity index (χ1n) is 1.93. The first-order valence-corrected chi connectivity index (χ1v) is 2.46. The molecule has 0 saturated heterocycles. The fraction of sp³-hybridized carbons (Fsp3) is 0.400. The van der Waals surface area contributed by atoms with Crippen LogP contribution in [0.5, 0.6) is 0 Å². The zero-order valence-corrected chi connectivity index (χ0v) is 4.96. The quantitative estimate of drug-likeness (QED) is 0.395. The molecule has 0 aliphatic heterocycles. The van der Waals surface area contributed by atoms with Crippen molar-refractivity contribution in [3.8, 4) is 0 Å². The van der Waals surface area contributed by atoms with Gasteiger partial charge < -0.3 is 0 Å². The first kappa shape index (κ1) is 6.70. The molecule has 0 unspecified atom stereocenters. The molecule has 0 aliphatic carbocycles. The third-order valence-corrected chi connectivity index (χ3v) is 0.840. The standard InChI is InChI=1S/C5H7ClO/c1-4(2)5(7)3-6/h1,3H2,2H3. The molecule has 0 spiro atoms. The molecule has 0 aromatic heterocycles. The van der Waals surface area contributed by atoms with Crippen molar-refractivity contribution in [1.29, 1.82) is 0 Å². The van der Waals surface area contributed by atoms with E-state index >= 15 is 0 Å². The molecule has 1 nitrogen and oxygen atoms in total. The Morgan fingerprint density at radius 1 is 1.86 bits per heavy atom. The number of allylic oxidation sites excluding steroid dienone is 1. The van der Waals surface area contributed by atoms with Crippen molar-refractivity contribution in [2.24, 2.45) is 0 Å². The molecule has 0 heterocycles. The number of hydrogen-bond acceptors (Lipinski definition) is 1. The van der Waals surface area contributed by atoms with Crippen molar-refractivity contribution in [3.05, 3.63) is 12.2 Å². The molecule has 0 aromatic carbocycles. The van der Waals surface area contributed by atoms with E-state index in [2.05, 4.69) is 6.58 Å². The molecular weight excluding hydrogens is 112 g/mol. The van der Waals surface area contributed by atoms with Gasteiger partial charge in [-0.15, -0.1) is 11.6 Å². The van der Waals surface area contributed by atoms with Gasteiger partial charge in [-0.3, -0.25) is 4.79 Å². The highest BCUT2D eigenvalue weighted by Crippen LogP contribution is 1.90. The molecule has 0 atom stereocenters. The topological polar surface area (TPSA) is 17.1 Å². The molecule has 0 saturated carbocycles. The van der Waals surface area contributed by atoms with E-state index in [0.717, 1.165) is 0 Å². The van der Waals surface area contributed by atoms with Crippen LogP contribution in [0.25, 0.3) is 0 Å². The summed E-state index contributed by atoms with van der Waals surface area (Å²) in [6.45, 7) is 5.04. The van der Waals surface area contributed by atoms with Crippen LogP contribution < -0.4 is 0 Å². The van der Waals surface area contributed by atoms with E-state index in [1.54, 1.807) is 6.92 Å². The Morgan fingerprint density at radius 3 is 2.29 bits per heavy atom. The highest BCUT2D eigenvalue weighted by atomic mass is 35.5. The smallest absolute Gasteiger partial charge is 0.172 e. The SMILES string of the molecule is C=C(C)C(=O)CCl. The van der Waals surface area contributed by atoms with Gasteiger partial charge in [0.05, 0.1) is 5.88 Å². The molecule has 2 heteroatoms.